The van der Waals surface area contributed by atoms with Crippen molar-refractivity contribution in [3.8, 4) is 0 Å². The average molecular weight is 394 g/mol. The molecule has 8 heteroatoms. The summed E-state index contributed by atoms with van der Waals surface area (Å²) >= 11 is 0. The molecule has 0 saturated carbocycles. The van der Waals surface area contributed by atoms with Crippen LogP contribution in [0.4, 0.5) is 5.82 Å². The van der Waals surface area contributed by atoms with Crippen LogP contribution in [0.2, 0.25) is 0 Å². The highest BCUT2D eigenvalue weighted by atomic mass is 16.2. The smallest absolute Gasteiger partial charge is 0.267 e. The number of primary amides is 1. The van der Waals surface area contributed by atoms with E-state index in [1.165, 1.54) is 6.33 Å². The summed E-state index contributed by atoms with van der Waals surface area (Å²) in [5.74, 6) is -0.00196. The number of hydrogen-bond donors (Lipinski definition) is 1. The highest BCUT2D eigenvalue weighted by Crippen LogP contribution is 2.27. The molecule has 1 aromatic heterocycles. The lowest BCUT2D eigenvalue weighted by molar-refractivity contribution is -0.137. The largest absolute Gasteiger partial charge is 0.364 e. The van der Waals surface area contributed by atoms with Crippen LogP contribution < -0.4 is 10.6 Å². The zero-order valence-corrected chi connectivity index (χ0v) is 16.6. The number of hydrazone groups is 1. The van der Waals surface area contributed by atoms with Crippen LogP contribution in [0.25, 0.3) is 0 Å². The Morgan fingerprint density at radius 3 is 2.69 bits per heavy atom. The number of anilines is 1. The number of rotatable bonds is 6. The molecule has 2 amide bonds. The molecule has 29 heavy (non-hydrogen) atoms. The second-order valence-electron chi connectivity index (χ2n) is 7.08. The molecule has 0 aromatic carbocycles. The molecule has 0 radical (unpaired) electrons. The van der Waals surface area contributed by atoms with Gasteiger partial charge in [-0.05, 0) is 25.3 Å². The number of hydrogen-bond acceptors (Lipinski definition) is 6. The molecular formula is C21H26N6O2. The maximum atomic E-state index is 13.1. The van der Waals surface area contributed by atoms with Crippen LogP contribution in [0.3, 0.4) is 0 Å². The third-order valence-corrected chi connectivity index (χ3v) is 5.17. The molecule has 152 valence electrons. The topological polar surface area (TPSA) is 105 Å². The Hall–Kier alpha value is -3.29. The SMILES string of the molecule is C=C(/C=C\C=C/C)[C@@H]1CC=NN1C(=O)C1CCN(c2cc(C(N)=O)ncn2)CC1. The molecule has 2 N–H and O–H groups in total. The highest BCUT2D eigenvalue weighted by Gasteiger charge is 2.34. The molecule has 2 aliphatic rings. The third kappa shape index (κ3) is 4.77. The van der Waals surface area contributed by atoms with Gasteiger partial charge in [-0.25, -0.2) is 15.0 Å². The minimum Gasteiger partial charge on any atom is -0.364 e. The van der Waals surface area contributed by atoms with E-state index in [9.17, 15) is 9.59 Å². The van der Waals surface area contributed by atoms with Crippen LogP contribution in [-0.4, -0.2) is 52.1 Å². The maximum absolute atomic E-state index is 13.1. The molecule has 1 fully saturated rings. The third-order valence-electron chi connectivity index (χ3n) is 5.17. The van der Waals surface area contributed by atoms with Crippen molar-refractivity contribution in [1.29, 1.82) is 0 Å². The van der Waals surface area contributed by atoms with Gasteiger partial charge < -0.3 is 10.6 Å². The van der Waals surface area contributed by atoms with Gasteiger partial charge in [0.1, 0.15) is 17.8 Å². The van der Waals surface area contributed by atoms with Gasteiger partial charge >= 0.3 is 0 Å². The zero-order valence-electron chi connectivity index (χ0n) is 16.6. The van der Waals surface area contributed by atoms with Crippen molar-refractivity contribution >= 4 is 23.8 Å². The molecule has 1 atom stereocenters. The Morgan fingerprint density at radius 1 is 1.24 bits per heavy atom. The summed E-state index contributed by atoms with van der Waals surface area (Å²) in [6.45, 7) is 7.38. The van der Waals surface area contributed by atoms with Crippen LogP contribution in [-0.2, 0) is 4.79 Å². The Morgan fingerprint density at radius 2 is 2.00 bits per heavy atom. The molecule has 2 aliphatic heterocycles. The van der Waals surface area contributed by atoms with Crippen LogP contribution in [0.15, 0.2) is 54.0 Å². The molecule has 0 aliphatic carbocycles. The number of amides is 2. The fourth-order valence-corrected chi connectivity index (χ4v) is 3.53. The number of carbonyl (C=O) groups excluding carboxylic acids is 2. The van der Waals surface area contributed by atoms with Crippen molar-refractivity contribution in [3.05, 3.63) is 54.5 Å². The van der Waals surface area contributed by atoms with Gasteiger partial charge in [-0.15, -0.1) is 0 Å². The number of carbonyl (C=O) groups is 2. The van der Waals surface area contributed by atoms with E-state index < -0.39 is 5.91 Å². The first-order chi connectivity index (χ1) is 14.0. The lowest BCUT2D eigenvalue weighted by Crippen LogP contribution is -2.43. The van der Waals surface area contributed by atoms with Gasteiger partial charge in [-0.2, -0.15) is 5.10 Å². The summed E-state index contributed by atoms with van der Waals surface area (Å²) in [6, 6.07) is 1.47. The minimum absolute atomic E-state index is 0.0319. The lowest BCUT2D eigenvalue weighted by Gasteiger charge is -2.34. The quantitative estimate of drug-likeness (QED) is 0.744. The summed E-state index contributed by atoms with van der Waals surface area (Å²) in [4.78, 5) is 34.5. The molecule has 0 unspecified atom stereocenters. The van der Waals surface area contributed by atoms with Gasteiger partial charge in [-0.3, -0.25) is 9.59 Å². The fraction of sp³-hybridized carbons (Fsp3) is 0.381. The normalized spacial score (nSPS) is 20.1. The first-order valence-electron chi connectivity index (χ1n) is 9.71. The van der Waals surface area contributed by atoms with E-state index in [-0.39, 0.29) is 23.6 Å². The van der Waals surface area contributed by atoms with E-state index in [4.69, 9.17) is 5.73 Å². The van der Waals surface area contributed by atoms with Crippen LogP contribution >= 0.6 is 0 Å². The standard InChI is InChI=1S/C21H26N6O2/c1-3-4-5-6-15(2)18-7-10-25-27(18)21(29)16-8-11-26(12-9-16)19-13-17(20(22)28)23-14-24-19/h3-6,10,13-14,16,18H,2,7-9,11-12H2,1H3,(H2,22,28)/b4-3-,6-5-/t18-/m0/s1. The summed E-state index contributed by atoms with van der Waals surface area (Å²) in [5.41, 5.74) is 6.35. The average Bonchev–Trinajstić information content (AvgIpc) is 3.23. The first-order valence-corrected chi connectivity index (χ1v) is 9.71. The molecular weight excluding hydrogens is 368 g/mol. The maximum Gasteiger partial charge on any atom is 0.267 e. The van der Waals surface area contributed by atoms with Crippen molar-refractivity contribution in [1.82, 2.24) is 15.0 Å². The minimum atomic E-state index is -0.583. The lowest BCUT2D eigenvalue weighted by atomic mass is 9.94. The molecule has 3 heterocycles. The second kappa shape index (κ2) is 9.27. The van der Waals surface area contributed by atoms with E-state index in [0.717, 1.165) is 5.57 Å². The van der Waals surface area contributed by atoms with Gasteiger partial charge in [0.25, 0.3) is 5.91 Å². The fourth-order valence-electron chi connectivity index (χ4n) is 3.53. The first kappa shape index (κ1) is 20.4. The van der Waals surface area contributed by atoms with Crippen molar-refractivity contribution in [2.75, 3.05) is 18.0 Å². The molecule has 1 saturated heterocycles. The second-order valence-corrected chi connectivity index (χ2v) is 7.08. The zero-order chi connectivity index (χ0) is 20.8. The van der Waals surface area contributed by atoms with Crippen LogP contribution in [0.1, 0.15) is 36.7 Å². The summed E-state index contributed by atoms with van der Waals surface area (Å²) in [5, 5.41) is 5.89. The van der Waals surface area contributed by atoms with Crippen molar-refractivity contribution in [2.45, 2.75) is 32.2 Å². The van der Waals surface area contributed by atoms with Crippen LogP contribution in [0, 0.1) is 5.92 Å². The van der Waals surface area contributed by atoms with Gasteiger partial charge in [0.15, 0.2) is 0 Å². The number of aromatic nitrogens is 2. The molecule has 8 nitrogen and oxygen atoms in total. The molecule has 3 rings (SSSR count). The molecule has 1 aromatic rings. The van der Waals surface area contributed by atoms with Gasteiger partial charge in [-0.1, -0.05) is 30.9 Å². The monoisotopic (exact) mass is 394 g/mol. The van der Waals surface area contributed by atoms with E-state index in [1.54, 1.807) is 17.3 Å². The van der Waals surface area contributed by atoms with Gasteiger partial charge in [0.2, 0.25) is 5.91 Å². The van der Waals surface area contributed by atoms with Crippen LogP contribution in [0.5, 0.6) is 0 Å². The number of piperidine rings is 1. The summed E-state index contributed by atoms with van der Waals surface area (Å²) < 4.78 is 0. The van der Waals surface area contributed by atoms with Crippen molar-refractivity contribution in [2.24, 2.45) is 16.8 Å². The van der Waals surface area contributed by atoms with E-state index in [2.05, 4.69) is 21.6 Å². The molecule has 0 bridgehead atoms. The Labute approximate surface area is 170 Å². The molecule has 0 spiro atoms. The number of nitrogens with zero attached hydrogens (tertiary/aromatic N) is 5. The summed E-state index contributed by atoms with van der Waals surface area (Å²) in [7, 11) is 0. The highest BCUT2D eigenvalue weighted by molar-refractivity contribution is 5.91. The Kier molecular flexibility index (Phi) is 6.54. The number of allylic oxidation sites excluding steroid dienone is 3. The predicted octanol–water partition coefficient (Wildman–Crippen LogP) is 2.07. The Balaban J connectivity index is 1.61. The Bertz CT molecular complexity index is 868. The van der Waals surface area contributed by atoms with E-state index in [0.29, 0.717) is 38.2 Å². The van der Waals surface area contributed by atoms with E-state index >= 15 is 0 Å². The van der Waals surface area contributed by atoms with Crippen molar-refractivity contribution in [3.63, 3.8) is 0 Å². The van der Waals surface area contributed by atoms with Gasteiger partial charge in [0.05, 0.1) is 6.04 Å². The van der Waals surface area contributed by atoms with Gasteiger partial charge in [0, 0.05) is 37.7 Å². The summed E-state index contributed by atoms with van der Waals surface area (Å²) in [6.07, 6.45) is 12.9. The van der Waals surface area contributed by atoms with Crippen molar-refractivity contribution < 1.29 is 9.59 Å². The van der Waals surface area contributed by atoms with E-state index in [1.807, 2.05) is 36.1 Å². The predicted molar refractivity (Wildman–Crippen MR) is 112 cm³/mol. The number of nitrogens with two attached hydrogens (primary N) is 1.